The second-order valence-corrected chi connectivity index (χ2v) is 3.08. The lowest BCUT2D eigenvalue weighted by molar-refractivity contribution is -0.0661. The van der Waals surface area contributed by atoms with Crippen LogP contribution < -0.4 is 0 Å². The molecule has 0 unspecified atom stereocenters. The molecule has 16 heavy (non-hydrogen) atoms. The number of ether oxygens (including phenoxy) is 3. The summed E-state index contributed by atoms with van der Waals surface area (Å²) in [5.41, 5.74) is 0.0781. The molecular weight excluding hydrogens is 208 g/mol. The molecule has 0 saturated heterocycles. The van der Waals surface area contributed by atoms with E-state index in [1.165, 1.54) is 6.08 Å². The first-order chi connectivity index (χ1) is 7.73. The monoisotopic (exact) mass is 224 g/mol. The van der Waals surface area contributed by atoms with Gasteiger partial charge < -0.3 is 14.2 Å². The zero-order valence-electron chi connectivity index (χ0n) is 9.77. The lowest BCUT2D eigenvalue weighted by atomic mass is 10.1. The summed E-state index contributed by atoms with van der Waals surface area (Å²) >= 11 is 0. The second-order valence-electron chi connectivity index (χ2n) is 3.08. The SMILES string of the molecule is COC[C@H](OC)[C@H](CC=C(C#N)C#N)OC. The van der Waals surface area contributed by atoms with Gasteiger partial charge in [-0.3, -0.25) is 0 Å². The van der Waals surface area contributed by atoms with Crippen molar-refractivity contribution in [2.24, 2.45) is 0 Å². The van der Waals surface area contributed by atoms with Crippen LogP contribution in [0.4, 0.5) is 0 Å². The molecule has 2 atom stereocenters. The molecule has 0 aromatic carbocycles. The highest BCUT2D eigenvalue weighted by Crippen LogP contribution is 2.10. The van der Waals surface area contributed by atoms with E-state index in [0.29, 0.717) is 13.0 Å². The molecule has 0 N–H and O–H groups in total. The van der Waals surface area contributed by atoms with Crippen LogP contribution in [0.5, 0.6) is 0 Å². The fraction of sp³-hybridized carbons (Fsp3) is 0.636. The molecule has 88 valence electrons. The molecule has 5 nitrogen and oxygen atoms in total. The van der Waals surface area contributed by atoms with Gasteiger partial charge >= 0.3 is 0 Å². The molecule has 0 aliphatic heterocycles. The number of methoxy groups -OCH3 is 3. The predicted octanol–water partition coefficient (Wildman–Crippen LogP) is 1.03. The maximum Gasteiger partial charge on any atom is 0.125 e. The van der Waals surface area contributed by atoms with Gasteiger partial charge in [0, 0.05) is 21.3 Å². The van der Waals surface area contributed by atoms with Gasteiger partial charge in [-0.1, -0.05) is 6.08 Å². The van der Waals surface area contributed by atoms with Gasteiger partial charge in [-0.2, -0.15) is 10.5 Å². The van der Waals surface area contributed by atoms with E-state index in [2.05, 4.69) is 0 Å². The summed E-state index contributed by atoms with van der Waals surface area (Å²) in [5, 5.41) is 17.1. The Morgan fingerprint density at radius 3 is 2.06 bits per heavy atom. The van der Waals surface area contributed by atoms with Gasteiger partial charge in [0.25, 0.3) is 0 Å². The Bertz CT molecular complexity index is 285. The average molecular weight is 224 g/mol. The largest absolute Gasteiger partial charge is 0.382 e. The minimum atomic E-state index is -0.235. The fourth-order valence-electron chi connectivity index (χ4n) is 1.24. The van der Waals surface area contributed by atoms with E-state index in [9.17, 15) is 0 Å². The van der Waals surface area contributed by atoms with Gasteiger partial charge in [0.1, 0.15) is 23.8 Å². The lowest BCUT2D eigenvalue weighted by Crippen LogP contribution is -2.33. The first kappa shape index (κ1) is 14.6. The van der Waals surface area contributed by atoms with Gasteiger partial charge in [0.05, 0.1) is 12.7 Å². The number of rotatable bonds is 7. The van der Waals surface area contributed by atoms with Crippen molar-refractivity contribution >= 4 is 0 Å². The highest BCUT2D eigenvalue weighted by atomic mass is 16.6. The summed E-state index contributed by atoms with van der Waals surface area (Å²) in [5.74, 6) is 0. The van der Waals surface area contributed by atoms with Gasteiger partial charge in [-0.05, 0) is 6.42 Å². The van der Waals surface area contributed by atoms with Crippen molar-refractivity contribution in [2.45, 2.75) is 18.6 Å². The van der Waals surface area contributed by atoms with E-state index in [-0.39, 0.29) is 17.8 Å². The lowest BCUT2D eigenvalue weighted by Gasteiger charge is -2.23. The zero-order valence-corrected chi connectivity index (χ0v) is 9.77. The summed E-state index contributed by atoms with van der Waals surface area (Å²) in [6, 6.07) is 3.58. The molecule has 0 saturated carbocycles. The van der Waals surface area contributed by atoms with E-state index < -0.39 is 0 Å². The van der Waals surface area contributed by atoms with Crippen LogP contribution in [0.2, 0.25) is 0 Å². The van der Waals surface area contributed by atoms with E-state index in [4.69, 9.17) is 24.7 Å². The quantitative estimate of drug-likeness (QED) is 0.603. The number of nitriles is 2. The molecular formula is C11H16N2O3. The van der Waals surface area contributed by atoms with Crippen molar-refractivity contribution in [1.29, 1.82) is 10.5 Å². The van der Waals surface area contributed by atoms with E-state index in [1.807, 2.05) is 0 Å². The van der Waals surface area contributed by atoms with Crippen LogP contribution in [-0.4, -0.2) is 40.1 Å². The van der Waals surface area contributed by atoms with Gasteiger partial charge in [0.15, 0.2) is 0 Å². The Morgan fingerprint density at radius 2 is 1.69 bits per heavy atom. The maximum atomic E-state index is 8.57. The molecule has 0 aliphatic rings. The van der Waals surface area contributed by atoms with Gasteiger partial charge in [0.2, 0.25) is 0 Å². The number of hydrogen-bond acceptors (Lipinski definition) is 5. The fourth-order valence-corrected chi connectivity index (χ4v) is 1.24. The minimum Gasteiger partial charge on any atom is -0.382 e. The van der Waals surface area contributed by atoms with Crippen molar-refractivity contribution in [3.05, 3.63) is 11.6 Å². The summed E-state index contributed by atoms with van der Waals surface area (Å²) in [6.45, 7) is 0.400. The number of nitrogens with zero attached hydrogens (tertiary/aromatic N) is 2. The Hall–Kier alpha value is -1.40. The highest BCUT2D eigenvalue weighted by molar-refractivity contribution is 5.34. The number of allylic oxidation sites excluding steroid dienone is 1. The van der Waals surface area contributed by atoms with Crippen molar-refractivity contribution in [3.8, 4) is 12.1 Å². The standard InChI is InChI=1S/C11H16N2O3/c1-14-8-11(16-3)10(15-2)5-4-9(6-12)7-13/h4,10-11H,5,8H2,1-3H3/t10-,11-/m0/s1. The molecule has 0 aromatic rings. The first-order valence-corrected chi connectivity index (χ1v) is 4.78. The molecule has 0 spiro atoms. The van der Waals surface area contributed by atoms with Crippen molar-refractivity contribution in [3.63, 3.8) is 0 Å². The minimum absolute atomic E-state index is 0.0781. The first-order valence-electron chi connectivity index (χ1n) is 4.78. The molecule has 0 aliphatic carbocycles. The molecule has 0 radical (unpaired) electrons. The topological polar surface area (TPSA) is 75.3 Å². The van der Waals surface area contributed by atoms with Gasteiger partial charge in [-0.15, -0.1) is 0 Å². The molecule has 0 amide bonds. The summed E-state index contributed by atoms with van der Waals surface area (Å²) in [4.78, 5) is 0. The van der Waals surface area contributed by atoms with Crippen LogP contribution in [0, 0.1) is 22.7 Å². The normalized spacial score (nSPS) is 13.3. The van der Waals surface area contributed by atoms with E-state index in [1.54, 1.807) is 33.5 Å². The highest BCUT2D eigenvalue weighted by Gasteiger charge is 2.19. The molecule has 0 fully saturated rings. The van der Waals surface area contributed by atoms with Crippen LogP contribution in [0.1, 0.15) is 6.42 Å². The average Bonchev–Trinajstić information content (AvgIpc) is 2.33. The molecule has 0 bridgehead atoms. The van der Waals surface area contributed by atoms with Gasteiger partial charge in [-0.25, -0.2) is 0 Å². The van der Waals surface area contributed by atoms with Crippen molar-refractivity contribution in [1.82, 2.24) is 0 Å². The molecule has 0 aromatic heterocycles. The smallest absolute Gasteiger partial charge is 0.125 e. The Balaban J connectivity index is 4.46. The van der Waals surface area contributed by atoms with Crippen LogP contribution in [0.3, 0.4) is 0 Å². The molecule has 0 heterocycles. The van der Waals surface area contributed by atoms with Crippen molar-refractivity contribution < 1.29 is 14.2 Å². The van der Waals surface area contributed by atoms with E-state index >= 15 is 0 Å². The Morgan fingerprint density at radius 1 is 1.12 bits per heavy atom. The van der Waals surface area contributed by atoms with Crippen LogP contribution >= 0.6 is 0 Å². The zero-order chi connectivity index (χ0) is 12.4. The Labute approximate surface area is 95.8 Å². The third-order valence-corrected chi connectivity index (χ3v) is 2.15. The molecule has 5 heteroatoms. The Kier molecular flexibility index (Phi) is 8.10. The maximum absolute atomic E-state index is 8.57. The summed E-state index contributed by atoms with van der Waals surface area (Å²) in [6.07, 6.45) is 1.52. The number of hydrogen-bond donors (Lipinski definition) is 0. The van der Waals surface area contributed by atoms with Crippen LogP contribution in [-0.2, 0) is 14.2 Å². The van der Waals surface area contributed by atoms with Crippen LogP contribution in [0.15, 0.2) is 11.6 Å². The predicted molar refractivity (Wildman–Crippen MR) is 57.4 cm³/mol. The second kappa shape index (κ2) is 8.87. The third kappa shape index (κ3) is 4.90. The molecule has 0 rings (SSSR count). The van der Waals surface area contributed by atoms with Crippen molar-refractivity contribution in [2.75, 3.05) is 27.9 Å². The van der Waals surface area contributed by atoms with Crippen LogP contribution in [0.25, 0.3) is 0 Å². The summed E-state index contributed by atoms with van der Waals surface area (Å²) < 4.78 is 15.4. The third-order valence-electron chi connectivity index (χ3n) is 2.15. The summed E-state index contributed by atoms with van der Waals surface area (Å²) in [7, 11) is 4.69. The van der Waals surface area contributed by atoms with E-state index in [0.717, 1.165) is 0 Å².